The summed E-state index contributed by atoms with van der Waals surface area (Å²) < 4.78 is 26.8. The predicted octanol–water partition coefficient (Wildman–Crippen LogP) is 0.899. The molecule has 2 heterocycles. The molecule has 1 unspecified atom stereocenters. The summed E-state index contributed by atoms with van der Waals surface area (Å²) in [5.74, 6) is -2.11. The second-order valence-corrected chi connectivity index (χ2v) is 11.1. The second-order valence-electron chi connectivity index (χ2n) is 8.92. The van der Waals surface area contributed by atoms with Crippen molar-refractivity contribution in [3.05, 3.63) is 87.9 Å². The number of nitrogens with one attached hydrogen (secondary N) is 4. The lowest BCUT2D eigenvalue weighted by atomic mass is 9.84. The van der Waals surface area contributed by atoms with Crippen molar-refractivity contribution in [3.63, 3.8) is 0 Å². The number of rotatable bonds is 11. The number of hydrogen-bond acceptors (Lipinski definition) is 8. The lowest BCUT2D eigenvalue weighted by Gasteiger charge is -2.29. The highest BCUT2D eigenvalue weighted by Crippen LogP contribution is 2.30. The zero-order chi connectivity index (χ0) is 27.3. The number of amidine groups is 1. The van der Waals surface area contributed by atoms with Gasteiger partial charge in [-0.15, -0.1) is 11.3 Å². The largest absolute Gasteiger partial charge is 0.382 e. The van der Waals surface area contributed by atoms with Crippen molar-refractivity contribution in [3.8, 4) is 0 Å². The Bertz CT molecular complexity index is 1350. The molecule has 11 nitrogen and oxygen atoms in total. The van der Waals surface area contributed by atoms with Crippen LogP contribution in [0.4, 0.5) is 0 Å². The number of carbonyl (C=O) groups is 2. The van der Waals surface area contributed by atoms with E-state index in [4.69, 9.17) is 16.3 Å². The summed E-state index contributed by atoms with van der Waals surface area (Å²) in [6.07, 6.45) is 1.39. The zero-order valence-corrected chi connectivity index (χ0v) is 22.0. The van der Waals surface area contributed by atoms with Gasteiger partial charge in [0, 0.05) is 11.3 Å². The lowest BCUT2D eigenvalue weighted by molar-refractivity contribution is -0.130. The number of nitrogens with two attached hydrogens (primary N) is 2. The number of benzene rings is 2. The van der Waals surface area contributed by atoms with Gasteiger partial charge in [0.15, 0.2) is 16.6 Å². The predicted molar refractivity (Wildman–Crippen MR) is 145 cm³/mol. The van der Waals surface area contributed by atoms with E-state index in [0.717, 1.165) is 17.8 Å². The van der Waals surface area contributed by atoms with Gasteiger partial charge in [-0.05, 0) is 30.5 Å². The number of aromatic nitrogens is 1. The number of nitrogen functional groups attached to an aromatic ring is 1. The van der Waals surface area contributed by atoms with Gasteiger partial charge in [-0.25, -0.2) is 10.1 Å². The number of thiazole rings is 1. The Morgan fingerprint density at radius 2 is 1.68 bits per heavy atom. The molecule has 4 rings (SSSR count). The summed E-state index contributed by atoms with van der Waals surface area (Å²) in [4.78, 5) is 31.7. The molecule has 0 bridgehead atoms. The third-order valence-corrected chi connectivity index (χ3v) is 7.72. The molecular formula is C25H29N7O4S2. The van der Waals surface area contributed by atoms with Crippen molar-refractivity contribution in [2.75, 3.05) is 6.54 Å². The molecule has 1 aliphatic rings. The maximum Gasteiger partial charge on any atom is 0.275 e. The Hall–Kier alpha value is -3.49. The average molecular weight is 556 g/mol. The van der Waals surface area contributed by atoms with E-state index >= 15 is 0 Å². The number of ketones is 1. The normalized spacial score (nSPS) is 17.2. The molecule has 0 aliphatic carbocycles. The highest BCUT2D eigenvalue weighted by molar-refractivity contribution is 7.87. The molecule has 1 saturated heterocycles. The Morgan fingerprint density at radius 3 is 2.16 bits per heavy atom. The van der Waals surface area contributed by atoms with Crippen molar-refractivity contribution >= 4 is 39.1 Å². The van der Waals surface area contributed by atoms with E-state index in [1.807, 2.05) is 12.1 Å². The molecule has 0 spiro atoms. The van der Waals surface area contributed by atoms with Gasteiger partial charge in [0.1, 0.15) is 12.1 Å². The summed E-state index contributed by atoms with van der Waals surface area (Å²) in [5, 5.41) is 20.6. The molecule has 3 atom stereocenters. The van der Waals surface area contributed by atoms with Crippen molar-refractivity contribution in [2.45, 2.75) is 36.9 Å². The smallest absolute Gasteiger partial charge is 0.275 e. The molecule has 2 aromatic carbocycles. The molecule has 1 aromatic heterocycles. The van der Waals surface area contributed by atoms with E-state index in [9.17, 15) is 18.0 Å². The van der Waals surface area contributed by atoms with Crippen LogP contribution in [-0.4, -0.2) is 49.6 Å². The Kier molecular flexibility index (Phi) is 8.64. The molecule has 1 amide bonds. The van der Waals surface area contributed by atoms with Crippen LogP contribution in [0.25, 0.3) is 0 Å². The van der Waals surface area contributed by atoms with Gasteiger partial charge in [0.05, 0.1) is 11.7 Å². The van der Waals surface area contributed by atoms with Gasteiger partial charge in [0.2, 0.25) is 5.91 Å². The van der Waals surface area contributed by atoms with Gasteiger partial charge in [-0.3, -0.25) is 15.0 Å². The monoisotopic (exact) mass is 555 g/mol. The number of carbonyl (C=O) groups excluding carboxylic acids is 2. The summed E-state index contributed by atoms with van der Waals surface area (Å²) in [6, 6.07) is 14.8. The molecule has 3 aromatic rings. The Labute approximate surface area is 224 Å². The van der Waals surface area contributed by atoms with Gasteiger partial charge in [-0.1, -0.05) is 60.7 Å². The number of amides is 1. The fourth-order valence-electron chi connectivity index (χ4n) is 4.54. The Balaban J connectivity index is 1.75. The second kappa shape index (κ2) is 11.9. The van der Waals surface area contributed by atoms with E-state index in [1.54, 1.807) is 53.9 Å². The van der Waals surface area contributed by atoms with Crippen molar-refractivity contribution in [1.82, 2.24) is 20.3 Å². The molecule has 38 heavy (non-hydrogen) atoms. The van der Waals surface area contributed by atoms with E-state index in [1.165, 1.54) is 0 Å². The zero-order valence-electron chi connectivity index (χ0n) is 20.3. The first-order valence-corrected chi connectivity index (χ1v) is 14.3. The van der Waals surface area contributed by atoms with E-state index < -0.39 is 40.2 Å². The van der Waals surface area contributed by atoms with Crippen molar-refractivity contribution < 1.29 is 18.0 Å². The van der Waals surface area contributed by atoms with Gasteiger partial charge >= 0.3 is 0 Å². The van der Waals surface area contributed by atoms with E-state index in [2.05, 4.69) is 20.3 Å². The third kappa shape index (κ3) is 6.68. The fraction of sp³-hybridized carbons (Fsp3) is 0.280. The van der Waals surface area contributed by atoms with Crippen molar-refractivity contribution in [2.24, 2.45) is 10.9 Å². The van der Waals surface area contributed by atoms with Crippen LogP contribution in [0.2, 0.25) is 0 Å². The van der Waals surface area contributed by atoms with Crippen LogP contribution in [-0.2, 0) is 19.8 Å². The number of nitrogens with zero attached hydrogens (tertiary/aromatic N) is 1. The Morgan fingerprint density at radius 1 is 1.08 bits per heavy atom. The maximum absolute atomic E-state index is 13.9. The van der Waals surface area contributed by atoms with Crippen LogP contribution < -0.4 is 26.2 Å². The quantitative estimate of drug-likeness (QED) is 0.149. The van der Waals surface area contributed by atoms with Crippen LogP contribution >= 0.6 is 11.3 Å². The minimum atomic E-state index is -4.34. The SMILES string of the molecule is N=C(N)c1nc(C(NC(=O)[C@H](NS(N)(=O)=O)C(c2ccccc2)c2ccccc2)C(=O)[C@@H]2CCCN2)cs1. The summed E-state index contributed by atoms with van der Waals surface area (Å²) in [7, 11) is -4.34. The van der Waals surface area contributed by atoms with Crippen molar-refractivity contribution in [1.29, 1.82) is 5.41 Å². The molecular weight excluding hydrogens is 526 g/mol. The highest BCUT2D eigenvalue weighted by atomic mass is 32.2. The molecule has 0 radical (unpaired) electrons. The minimum Gasteiger partial charge on any atom is -0.382 e. The van der Waals surface area contributed by atoms with Gasteiger partial charge in [-0.2, -0.15) is 13.1 Å². The first-order chi connectivity index (χ1) is 18.1. The minimum absolute atomic E-state index is 0.206. The van der Waals surface area contributed by atoms with E-state index in [0.29, 0.717) is 24.1 Å². The van der Waals surface area contributed by atoms with Crippen LogP contribution in [0.3, 0.4) is 0 Å². The fourth-order valence-corrected chi connectivity index (χ4v) is 5.85. The lowest BCUT2D eigenvalue weighted by Crippen LogP contribution is -2.54. The van der Waals surface area contributed by atoms with Crippen LogP contribution in [0.15, 0.2) is 66.0 Å². The number of hydrogen-bond donors (Lipinski definition) is 6. The highest BCUT2D eigenvalue weighted by Gasteiger charge is 2.38. The summed E-state index contributed by atoms with van der Waals surface area (Å²) in [6.45, 7) is 0.659. The number of Topliss-reactive ketones (excluding diaryl/α,β-unsaturated/α-hetero) is 1. The molecule has 200 valence electrons. The standard InChI is InChI=1S/C25H29N7O4S2/c26-23(27)25-30-18(14-37-25)20(22(33)17-12-7-13-29-17)31-24(34)21(32-38(28,35)36)19(15-8-3-1-4-9-15)16-10-5-2-6-11-16/h1-6,8-11,14,17,19-21,29,32H,7,12-13H2,(H3,26,27)(H,31,34)(H2,28,35,36)/t17-,20?,21+/m0/s1. The van der Waals surface area contributed by atoms with Crippen LogP contribution in [0.1, 0.15) is 46.6 Å². The van der Waals surface area contributed by atoms with Gasteiger partial charge in [0.25, 0.3) is 10.2 Å². The molecule has 8 N–H and O–H groups in total. The van der Waals surface area contributed by atoms with Crippen LogP contribution in [0.5, 0.6) is 0 Å². The summed E-state index contributed by atoms with van der Waals surface area (Å²) >= 11 is 1.08. The molecule has 1 aliphatic heterocycles. The topological polar surface area (TPSA) is 193 Å². The van der Waals surface area contributed by atoms with Gasteiger partial charge < -0.3 is 16.4 Å². The first-order valence-electron chi connectivity index (χ1n) is 11.9. The van der Waals surface area contributed by atoms with Crippen LogP contribution in [0, 0.1) is 5.41 Å². The third-order valence-electron chi connectivity index (χ3n) is 6.25. The molecule has 1 fully saturated rings. The first kappa shape index (κ1) is 27.5. The maximum atomic E-state index is 13.9. The summed E-state index contributed by atoms with van der Waals surface area (Å²) in [5.41, 5.74) is 7.13. The molecule has 0 saturated carbocycles. The molecule has 13 heteroatoms. The van der Waals surface area contributed by atoms with E-state index in [-0.39, 0.29) is 22.3 Å². The average Bonchev–Trinajstić information content (AvgIpc) is 3.60.